The number of hydrogen-bond donors (Lipinski definition) is 1. The lowest BCUT2D eigenvalue weighted by atomic mass is 9.74. The Morgan fingerprint density at radius 2 is 1.90 bits per heavy atom. The van der Waals surface area contributed by atoms with Crippen molar-refractivity contribution in [1.82, 2.24) is 0 Å². The van der Waals surface area contributed by atoms with E-state index in [0.717, 1.165) is 36.9 Å². The predicted octanol–water partition coefficient (Wildman–Crippen LogP) is 2.90. The molecule has 1 spiro atoms. The molecule has 2 aliphatic rings. The molecule has 5 heteroatoms. The van der Waals surface area contributed by atoms with Gasteiger partial charge in [-0.25, -0.2) is 12.8 Å². The number of rotatable bonds is 2. The molecule has 1 saturated heterocycles. The van der Waals surface area contributed by atoms with Gasteiger partial charge in [-0.3, -0.25) is 0 Å². The maximum atomic E-state index is 13.1. The van der Waals surface area contributed by atoms with Crippen molar-refractivity contribution in [1.29, 1.82) is 0 Å². The first-order chi connectivity index (χ1) is 9.38. The molecule has 0 amide bonds. The molecule has 0 radical (unpaired) electrons. The summed E-state index contributed by atoms with van der Waals surface area (Å²) in [5, 5.41) is 3.47. The number of nitrogens with one attached hydrogen (secondary N) is 1. The lowest BCUT2D eigenvalue weighted by Gasteiger charge is -2.46. The molecule has 20 heavy (non-hydrogen) atoms. The predicted molar refractivity (Wildman–Crippen MR) is 78.1 cm³/mol. The van der Waals surface area contributed by atoms with Crippen LogP contribution in [0.3, 0.4) is 0 Å². The topological polar surface area (TPSA) is 46.2 Å². The smallest absolute Gasteiger partial charge is 0.151 e. The molecule has 1 saturated carbocycles. The number of halogens is 1. The van der Waals surface area contributed by atoms with Crippen LogP contribution in [0.1, 0.15) is 31.2 Å². The average Bonchev–Trinajstić information content (AvgIpc) is 2.33. The Morgan fingerprint density at radius 3 is 2.45 bits per heavy atom. The minimum absolute atomic E-state index is 0.0643. The van der Waals surface area contributed by atoms with Crippen LogP contribution in [0.4, 0.5) is 10.1 Å². The molecule has 1 aromatic carbocycles. The van der Waals surface area contributed by atoms with Crippen LogP contribution in [0, 0.1) is 18.2 Å². The zero-order valence-electron chi connectivity index (χ0n) is 11.7. The number of anilines is 1. The lowest BCUT2D eigenvalue weighted by Crippen LogP contribution is -2.51. The third kappa shape index (κ3) is 2.68. The third-order valence-electron chi connectivity index (χ3n) is 4.65. The number of hydrogen-bond acceptors (Lipinski definition) is 3. The molecule has 1 aliphatic heterocycles. The van der Waals surface area contributed by atoms with Crippen LogP contribution >= 0.6 is 0 Å². The van der Waals surface area contributed by atoms with Crippen LogP contribution in [0.25, 0.3) is 0 Å². The molecule has 1 N–H and O–H groups in total. The standard InChI is InChI=1S/C15H20FNO2S/c1-11-8-12(16)2-3-14(11)17-13-4-6-15(7-5-13)9-20(18,19)10-15/h2-3,8,13,17H,4-7,9-10H2,1H3. The van der Waals surface area contributed by atoms with Gasteiger partial charge >= 0.3 is 0 Å². The van der Waals surface area contributed by atoms with E-state index in [-0.39, 0.29) is 11.2 Å². The molecule has 0 bridgehead atoms. The highest BCUT2D eigenvalue weighted by Crippen LogP contribution is 2.45. The molecule has 0 atom stereocenters. The summed E-state index contributed by atoms with van der Waals surface area (Å²) in [6.45, 7) is 1.90. The van der Waals surface area contributed by atoms with E-state index < -0.39 is 9.84 Å². The second kappa shape index (κ2) is 4.72. The van der Waals surface area contributed by atoms with E-state index in [0.29, 0.717) is 17.5 Å². The summed E-state index contributed by atoms with van der Waals surface area (Å²) < 4.78 is 35.8. The van der Waals surface area contributed by atoms with Gasteiger partial charge in [-0.1, -0.05) is 0 Å². The molecule has 1 heterocycles. The van der Waals surface area contributed by atoms with Crippen molar-refractivity contribution in [3.8, 4) is 0 Å². The van der Waals surface area contributed by atoms with E-state index in [9.17, 15) is 12.8 Å². The number of benzene rings is 1. The van der Waals surface area contributed by atoms with Gasteiger partial charge in [0.2, 0.25) is 0 Å². The van der Waals surface area contributed by atoms with Crippen LogP contribution in [-0.2, 0) is 9.84 Å². The maximum absolute atomic E-state index is 13.1. The quantitative estimate of drug-likeness (QED) is 0.913. The van der Waals surface area contributed by atoms with Crippen LogP contribution < -0.4 is 5.32 Å². The van der Waals surface area contributed by atoms with Gasteiger partial charge in [-0.2, -0.15) is 0 Å². The van der Waals surface area contributed by atoms with Gasteiger partial charge in [0.15, 0.2) is 9.84 Å². The fourth-order valence-corrected chi connectivity index (χ4v) is 5.92. The normalized spacial score (nSPS) is 24.3. The van der Waals surface area contributed by atoms with Crippen molar-refractivity contribution in [2.75, 3.05) is 16.8 Å². The first kappa shape index (κ1) is 13.9. The van der Waals surface area contributed by atoms with Gasteiger partial charge in [0.05, 0.1) is 11.5 Å². The first-order valence-electron chi connectivity index (χ1n) is 7.11. The van der Waals surface area contributed by atoms with Crippen molar-refractivity contribution in [3.63, 3.8) is 0 Å². The SMILES string of the molecule is Cc1cc(F)ccc1NC1CCC2(CC1)CS(=O)(=O)C2. The van der Waals surface area contributed by atoms with E-state index in [4.69, 9.17) is 0 Å². The van der Waals surface area contributed by atoms with Gasteiger partial charge < -0.3 is 5.32 Å². The summed E-state index contributed by atoms with van der Waals surface area (Å²) in [6.07, 6.45) is 3.94. The number of aryl methyl sites for hydroxylation is 1. The third-order valence-corrected chi connectivity index (χ3v) is 6.75. The van der Waals surface area contributed by atoms with Gasteiger partial charge in [0.1, 0.15) is 5.82 Å². The van der Waals surface area contributed by atoms with Gasteiger partial charge in [-0.15, -0.1) is 0 Å². The first-order valence-corrected chi connectivity index (χ1v) is 8.93. The zero-order valence-corrected chi connectivity index (χ0v) is 12.5. The summed E-state index contributed by atoms with van der Waals surface area (Å²) in [4.78, 5) is 0. The summed E-state index contributed by atoms with van der Waals surface area (Å²) in [5.41, 5.74) is 1.96. The summed E-state index contributed by atoms with van der Waals surface area (Å²) in [7, 11) is -2.74. The van der Waals surface area contributed by atoms with Crippen molar-refractivity contribution < 1.29 is 12.8 Å². The molecule has 110 valence electrons. The second-order valence-corrected chi connectivity index (χ2v) is 8.47. The molecular weight excluding hydrogens is 277 g/mol. The lowest BCUT2D eigenvalue weighted by molar-refractivity contribution is 0.216. The minimum atomic E-state index is -2.74. The fraction of sp³-hybridized carbons (Fsp3) is 0.600. The van der Waals surface area contributed by atoms with Gasteiger partial charge in [0, 0.05) is 11.7 Å². The monoisotopic (exact) mass is 297 g/mol. The Kier molecular flexibility index (Phi) is 3.27. The Bertz CT molecular complexity index is 605. The van der Waals surface area contributed by atoms with Crippen LogP contribution in [0.5, 0.6) is 0 Å². The van der Waals surface area contributed by atoms with Crippen molar-refractivity contribution >= 4 is 15.5 Å². The molecule has 1 aliphatic carbocycles. The van der Waals surface area contributed by atoms with Crippen molar-refractivity contribution in [2.24, 2.45) is 5.41 Å². The minimum Gasteiger partial charge on any atom is -0.382 e. The van der Waals surface area contributed by atoms with E-state index in [1.807, 2.05) is 6.92 Å². The molecule has 3 rings (SSSR count). The highest BCUT2D eigenvalue weighted by Gasteiger charge is 2.49. The van der Waals surface area contributed by atoms with Crippen molar-refractivity contribution in [2.45, 2.75) is 38.6 Å². The largest absolute Gasteiger partial charge is 0.382 e. The Labute approximate surface area is 119 Å². The average molecular weight is 297 g/mol. The second-order valence-electron chi connectivity index (χ2n) is 6.41. The molecule has 2 fully saturated rings. The number of sulfone groups is 1. The molecule has 3 nitrogen and oxygen atoms in total. The molecule has 1 aromatic rings. The Morgan fingerprint density at radius 1 is 1.25 bits per heavy atom. The molecular formula is C15H20FNO2S. The molecule has 0 unspecified atom stereocenters. The Hall–Kier alpha value is -1.10. The summed E-state index contributed by atoms with van der Waals surface area (Å²) in [6, 6.07) is 5.15. The summed E-state index contributed by atoms with van der Waals surface area (Å²) >= 11 is 0. The van der Waals surface area contributed by atoms with Gasteiger partial charge in [0.25, 0.3) is 0 Å². The van der Waals surface area contributed by atoms with Crippen LogP contribution in [0.2, 0.25) is 0 Å². The van der Waals surface area contributed by atoms with E-state index >= 15 is 0 Å². The van der Waals surface area contributed by atoms with E-state index in [2.05, 4.69) is 5.32 Å². The highest BCUT2D eigenvalue weighted by molar-refractivity contribution is 7.92. The zero-order chi connectivity index (χ0) is 14.4. The van der Waals surface area contributed by atoms with E-state index in [1.54, 1.807) is 6.07 Å². The highest BCUT2D eigenvalue weighted by atomic mass is 32.2. The van der Waals surface area contributed by atoms with Crippen LogP contribution in [-0.4, -0.2) is 26.0 Å². The van der Waals surface area contributed by atoms with Crippen molar-refractivity contribution in [3.05, 3.63) is 29.6 Å². The Balaban J connectivity index is 1.59. The maximum Gasteiger partial charge on any atom is 0.151 e. The van der Waals surface area contributed by atoms with Crippen LogP contribution in [0.15, 0.2) is 18.2 Å². The summed E-state index contributed by atoms with van der Waals surface area (Å²) in [5.74, 6) is 0.542. The fourth-order valence-electron chi connectivity index (χ4n) is 3.56. The molecule has 0 aromatic heterocycles. The van der Waals surface area contributed by atoms with E-state index in [1.165, 1.54) is 12.1 Å². The van der Waals surface area contributed by atoms with Gasteiger partial charge in [-0.05, 0) is 61.8 Å².